The molecule has 0 radical (unpaired) electrons. The first-order valence-corrected chi connectivity index (χ1v) is 8.96. The molecule has 1 aliphatic rings. The van der Waals surface area contributed by atoms with Gasteiger partial charge in [-0.15, -0.1) is 0 Å². The summed E-state index contributed by atoms with van der Waals surface area (Å²) < 4.78 is 56.9. The van der Waals surface area contributed by atoms with Crippen molar-refractivity contribution in [1.82, 2.24) is 5.32 Å². The molecule has 1 saturated carbocycles. The highest BCUT2D eigenvalue weighted by Crippen LogP contribution is 2.30. The van der Waals surface area contributed by atoms with Crippen LogP contribution in [0.3, 0.4) is 0 Å². The Hall–Kier alpha value is -2.77. The monoisotopic (exact) mass is 396 g/mol. The Morgan fingerprint density at radius 2 is 1.68 bits per heavy atom. The van der Waals surface area contributed by atoms with Gasteiger partial charge in [-0.2, -0.15) is 13.2 Å². The number of halogens is 4. The van der Waals surface area contributed by atoms with Crippen LogP contribution in [0, 0.1) is 5.82 Å². The number of hydrogen-bond donors (Lipinski definition) is 2. The Bertz CT molecular complexity index is 801. The predicted octanol–water partition coefficient (Wildman–Crippen LogP) is 5.36. The summed E-state index contributed by atoms with van der Waals surface area (Å²) in [5.41, 5.74) is -0.732. The Morgan fingerprint density at radius 1 is 1.00 bits per heavy atom. The molecule has 8 heteroatoms. The number of ether oxygens (including phenoxy) is 1. The third-order valence-electron chi connectivity index (χ3n) is 4.57. The van der Waals surface area contributed by atoms with Gasteiger partial charge in [-0.1, -0.05) is 6.07 Å². The molecule has 2 N–H and O–H groups in total. The fourth-order valence-electron chi connectivity index (χ4n) is 3.16. The number of anilines is 1. The predicted molar refractivity (Wildman–Crippen MR) is 96.7 cm³/mol. The molecule has 0 atom stereocenters. The Kier molecular flexibility index (Phi) is 6.06. The summed E-state index contributed by atoms with van der Waals surface area (Å²) in [6.45, 7) is 0. The smallest absolute Gasteiger partial charge is 0.416 e. The number of carbonyl (C=O) groups is 1. The summed E-state index contributed by atoms with van der Waals surface area (Å²) in [6.07, 6.45) is -1.69. The lowest BCUT2D eigenvalue weighted by Crippen LogP contribution is -2.41. The van der Waals surface area contributed by atoms with E-state index in [0.29, 0.717) is 31.4 Å². The molecule has 0 heterocycles. The zero-order valence-corrected chi connectivity index (χ0v) is 14.9. The van der Waals surface area contributed by atoms with Crippen LogP contribution in [-0.4, -0.2) is 18.2 Å². The van der Waals surface area contributed by atoms with Crippen molar-refractivity contribution in [1.29, 1.82) is 0 Å². The Morgan fingerprint density at radius 3 is 2.32 bits per heavy atom. The zero-order chi connectivity index (χ0) is 20.1. The quantitative estimate of drug-likeness (QED) is 0.684. The third-order valence-corrected chi connectivity index (χ3v) is 4.57. The molecule has 0 spiro atoms. The van der Waals surface area contributed by atoms with Crippen LogP contribution in [0.4, 0.5) is 28.0 Å². The minimum atomic E-state index is -4.46. The van der Waals surface area contributed by atoms with Crippen LogP contribution in [0.5, 0.6) is 5.75 Å². The fourth-order valence-corrected chi connectivity index (χ4v) is 3.16. The number of benzene rings is 2. The number of urea groups is 1. The highest BCUT2D eigenvalue weighted by atomic mass is 19.4. The topological polar surface area (TPSA) is 50.4 Å². The summed E-state index contributed by atoms with van der Waals surface area (Å²) >= 11 is 0. The van der Waals surface area contributed by atoms with E-state index in [4.69, 9.17) is 4.74 Å². The van der Waals surface area contributed by atoms with Crippen LogP contribution >= 0.6 is 0 Å². The zero-order valence-electron chi connectivity index (χ0n) is 14.9. The maximum Gasteiger partial charge on any atom is 0.416 e. The van der Waals surface area contributed by atoms with Crippen molar-refractivity contribution in [3.05, 3.63) is 59.9 Å². The summed E-state index contributed by atoms with van der Waals surface area (Å²) in [7, 11) is 0. The van der Waals surface area contributed by atoms with Crippen molar-refractivity contribution in [2.45, 2.75) is 44.0 Å². The van der Waals surface area contributed by atoms with Gasteiger partial charge in [0.2, 0.25) is 0 Å². The van der Waals surface area contributed by atoms with E-state index in [1.807, 2.05) is 0 Å². The molecule has 0 unspecified atom stereocenters. The largest absolute Gasteiger partial charge is 0.490 e. The number of hydrogen-bond acceptors (Lipinski definition) is 2. The number of carbonyl (C=O) groups excluding carboxylic acids is 1. The molecule has 1 aliphatic carbocycles. The van der Waals surface area contributed by atoms with Gasteiger partial charge in [0.15, 0.2) is 0 Å². The van der Waals surface area contributed by atoms with E-state index in [2.05, 4.69) is 10.6 Å². The molecule has 0 aliphatic heterocycles. The first kappa shape index (κ1) is 20.0. The second-order valence-electron chi connectivity index (χ2n) is 6.72. The lowest BCUT2D eigenvalue weighted by atomic mass is 9.93. The van der Waals surface area contributed by atoms with Crippen molar-refractivity contribution in [2.24, 2.45) is 0 Å². The normalized spacial score (nSPS) is 19.7. The highest BCUT2D eigenvalue weighted by molar-refractivity contribution is 5.89. The van der Waals surface area contributed by atoms with E-state index in [9.17, 15) is 22.4 Å². The lowest BCUT2D eigenvalue weighted by Gasteiger charge is -2.29. The maximum atomic E-state index is 12.9. The van der Waals surface area contributed by atoms with Crippen molar-refractivity contribution in [3.63, 3.8) is 0 Å². The van der Waals surface area contributed by atoms with E-state index in [1.54, 1.807) is 12.1 Å². The number of rotatable bonds is 4. The lowest BCUT2D eigenvalue weighted by molar-refractivity contribution is -0.137. The summed E-state index contributed by atoms with van der Waals surface area (Å²) in [6, 6.07) is 9.68. The fraction of sp³-hybridized carbons (Fsp3) is 0.350. The summed E-state index contributed by atoms with van der Waals surface area (Å²) in [5, 5.41) is 5.22. The minimum absolute atomic E-state index is 0.0185. The summed E-state index contributed by atoms with van der Waals surface area (Å²) in [4.78, 5) is 12.1. The van der Waals surface area contributed by atoms with E-state index in [0.717, 1.165) is 12.1 Å². The summed E-state index contributed by atoms with van der Waals surface area (Å²) in [5.74, 6) is 0.270. The van der Waals surface area contributed by atoms with Crippen molar-refractivity contribution < 1.29 is 27.1 Å². The van der Waals surface area contributed by atoms with Gasteiger partial charge in [-0.3, -0.25) is 0 Å². The first-order chi connectivity index (χ1) is 13.3. The highest BCUT2D eigenvalue weighted by Gasteiger charge is 2.30. The second kappa shape index (κ2) is 8.50. The van der Waals surface area contributed by atoms with E-state index in [-0.39, 0.29) is 23.7 Å². The van der Waals surface area contributed by atoms with Crippen LogP contribution in [0.15, 0.2) is 48.5 Å². The van der Waals surface area contributed by atoms with Gasteiger partial charge >= 0.3 is 12.2 Å². The van der Waals surface area contributed by atoms with Crippen LogP contribution in [0.25, 0.3) is 0 Å². The number of nitrogens with one attached hydrogen (secondary N) is 2. The number of alkyl halides is 3. The van der Waals surface area contributed by atoms with Crippen LogP contribution in [0.2, 0.25) is 0 Å². The van der Waals surface area contributed by atoms with Gasteiger partial charge in [-0.25, -0.2) is 9.18 Å². The van der Waals surface area contributed by atoms with Crippen molar-refractivity contribution >= 4 is 11.7 Å². The molecule has 0 aromatic heterocycles. The van der Waals surface area contributed by atoms with Gasteiger partial charge in [-0.05, 0) is 68.1 Å². The van der Waals surface area contributed by atoms with E-state index >= 15 is 0 Å². The second-order valence-corrected chi connectivity index (χ2v) is 6.72. The molecule has 1 fully saturated rings. The molecular weight excluding hydrogens is 376 g/mol. The molecule has 2 aromatic carbocycles. The van der Waals surface area contributed by atoms with Crippen molar-refractivity contribution in [3.8, 4) is 5.75 Å². The SMILES string of the molecule is O=C(Nc1cccc(C(F)(F)F)c1)N[C@H]1CC[C@H](Oc2ccc(F)cc2)CC1. The van der Waals surface area contributed by atoms with Gasteiger partial charge in [0.05, 0.1) is 11.7 Å². The molecule has 0 saturated heterocycles. The van der Waals surface area contributed by atoms with Gasteiger partial charge in [0, 0.05) is 11.7 Å². The van der Waals surface area contributed by atoms with E-state index in [1.165, 1.54) is 24.3 Å². The molecule has 4 nitrogen and oxygen atoms in total. The van der Waals surface area contributed by atoms with E-state index < -0.39 is 17.8 Å². The van der Waals surface area contributed by atoms with Crippen LogP contribution in [0.1, 0.15) is 31.2 Å². The molecule has 0 bridgehead atoms. The average Bonchev–Trinajstić information content (AvgIpc) is 2.65. The van der Waals surface area contributed by atoms with Gasteiger partial charge in [0.1, 0.15) is 11.6 Å². The van der Waals surface area contributed by atoms with Crippen LogP contribution in [-0.2, 0) is 6.18 Å². The molecule has 3 rings (SSSR count). The maximum absolute atomic E-state index is 12.9. The van der Waals surface area contributed by atoms with Crippen molar-refractivity contribution in [2.75, 3.05) is 5.32 Å². The molecule has 2 aromatic rings. The van der Waals surface area contributed by atoms with Gasteiger partial charge < -0.3 is 15.4 Å². The third kappa shape index (κ3) is 5.61. The number of amides is 2. The minimum Gasteiger partial charge on any atom is -0.490 e. The average molecular weight is 396 g/mol. The molecule has 150 valence electrons. The Labute approximate surface area is 159 Å². The Balaban J connectivity index is 1.45. The molecule has 2 amide bonds. The first-order valence-electron chi connectivity index (χ1n) is 8.96. The molecule has 28 heavy (non-hydrogen) atoms. The van der Waals surface area contributed by atoms with Gasteiger partial charge in [0.25, 0.3) is 0 Å². The molecular formula is C20H20F4N2O2. The standard InChI is InChI=1S/C20H20F4N2O2/c21-14-4-8-17(9-5-14)28-18-10-6-15(7-11-18)25-19(27)26-16-3-1-2-13(12-16)20(22,23)24/h1-5,8-9,12,15,18H,6-7,10-11H2,(H2,25,26,27)/t15-,18-. The van der Waals surface area contributed by atoms with Crippen LogP contribution < -0.4 is 15.4 Å².